The molecular formula is C11H15N3O5. The van der Waals surface area contributed by atoms with Gasteiger partial charge in [0.05, 0.1) is 0 Å². The Balaban J connectivity index is 2.67. The van der Waals surface area contributed by atoms with Crippen LogP contribution in [0.3, 0.4) is 0 Å². The Bertz CT molecular complexity index is 466. The van der Waals surface area contributed by atoms with Crippen molar-refractivity contribution in [1.82, 2.24) is 9.97 Å². The van der Waals surface area contributed by atoms with E-state index in [4.69, 9.17) is 9.84 Å². The van der Waals surface area contributed by atoms with Gasteiger partial charge in [-0.05, 0) is 20.8 Å². The SMILES string of the molecule is CC(C)(C)OC(=O)Nc1ncc(C(O)C(=O)O)cn1. The number of amides is 1. The van der Waals surface area contributed by atoms with Crippen LogP contribution < -0.4 is 5.32 Å². The first-order valence-electron chi connectivity index (χ1n) is 5.42. The van der Waals surface area contributed by atoms with Gasteiger partial charge in [0.1, 0.15) is 5.60 Å². The number of hydrogen-bond donors (Lipinski definition) is 3. The second kappa shape index (κ2) is 5.61. The number of nitrogens with zero attached hydrogens (tertiary/aromatic N) is 2. The molecule has 0 saturated carbocycles. The number of ether oxygens (including phenoxy) is 1. The lowest BCUT2D eigenvalue weighted by molar-refractivity contribution is -0.147. The molecule has 0 aliphatic carbocycles. The van der Waals surface area contributed by atoms with Crippen molar-refractivity contribution in [2.45, 2.75) is 32.5 Å². The summed E-state index contributed by atoms with van der Waals surface area (Å²) in [5.41, 5.74) is -0.633. The van der Waals surface area contributed by atoms with Gasteiger partial charge in [0, 0.05) is 18.0 Å². The maximum Gasteiger partial charge on any atom is 0.414 e. The normalized spacial score (nSPS) is 12.6. The van der Waals surface area contributed by atoms with Crippen LogP contribution in [0.25, 0.3) is 0 Å². The highest BCUT2D eigenvalue weighted by Gasteiger charge is 2.19. The van der Waals surface area contributed by atoms with Gasteiger partial charge in [-0.15, -0.1) is 0 Å². The molecule has 19 heavy (non-hydrogen) atoms. The lowest BCUT2D eigenvalue weighted by atomic mass is 10.2. The van der Waals surface area contributed by atoms with Crippen molar-refractivity contribution in [2.24, 2.45) is 0 Å². The van der Waals surface area contributed by atoms with Crippen LogP contribution in [0.15, 0.2) is 12.4 Å². The van der Waals surface area contributed by atoms with Crippen molar-refractivity contribution in [3.05, 3.63) is 18.0 Å². The summed E-state index contributed by atoms with van der Waals surface area (Å²) in [6, 6.07) is 0. The standard InChI is InChI=1S/C11H15N3O5/c1-11(2,3)19-10(18)14-9-12-4-6(5-13-9)7(15)8(16)17/h4-5,7,15H,1-3H3,(H,16,17)(H,12,13,14,18). The minimum atomic E-state index is -1.70. The van der Waals surface area contributed by atoms with E-state index in [9.17, 15) is 14.7 Å². The Morgan fingerprint density at radius 2 is 1.84 bits per heavy atom. The minimum Gasteiger partial charge on any atom is -0.479 e. The molecule has 3 N–H and O–H groups in total. The number of aliphatic carboxylic acids is 1. The van der Waals surface area contributed by atoms with Crippen molar-refractivity contribution in [2.75, 3.05) is 5.32 Å². The first-order chi connectivity index (χ1) is 8.69. The first kappa shape index (κ1) is 14.8. The molecule has 104 valence electrons. The molecule has 0 aromatic carbocycles. The van der Waals surface area contributed by atoms with E-state index < -0.39 is 23.8 Å². The smallest absolute Gasteiger partial charge is 0.414 e. The minimum absolute atomic E-state index is 0.0160. The molecule has 1 unspecified atom stereocenters. The van der Waals surface area contributed by atoms with E-state index >= 15 is 0 Å². The highest BCUT2D eigenvalue weighted by atomic mass is 16.6. The van der Waals surface area contributed by atoms with Crippen LogP contribution in [0, 0.1) is 0 Å². The van der Waals surface area contributed by atoms with Gasteiger partial charge in [-0.1, -0.05) is 0 Å². The number of aliphatic hydroxyl groups is 1. The third kappa shape index (κ3) is 4.88. The number of carbonyl (C=O) groups excluding carboxylic acids is 1. The highest BCUT2D eigenvalue weighted by molar-refractivity contribution is 5.82. The third-order valence-corrected chi connectivity index (χ3v) is 1.83. The Morgan fingerprint density at radius 1 is 1.32 bits per heavy atom. The molecule has 0 bridgehead atoms. The van der Waals surface area contributed by atoms with Gasteiger partial charge in [-0.3, -0.25) is 5.32 Å². The quantitative estimate of drug-likeness (QED) is 0.746. The van der Waals surface area contributed by atoms with Gasteiger partial charge in [0.2, 0.25) is 5.95 Å². The molecule has 0 radical (unpaired) electrons. The van der Waals surface area contributed by atoms with E-state index in [1.54, 1.807) is 20.8 Å². The van der Waals surface area contributed by atoms with Crippen LogP contribution in [0.2, 0.25) is 0 Å². The predicted molar refractivity (Wildman–Crippen MR) is 64.5 cm³/mol. The van der Waals surface area contributed by atoms with E-state index in [1.165, 1.54) is 0 Å². The van der Waals surface area contributed by atoms with E-state index in [-0.39, 0.29) is 11.5 Å². The Kier molecular flexibility index (Phi) is 4.38. The molecule has 1 amide bonds. The van der Waals surface area contributed by atoms with Gasteiger partial charge in [-0.25, -0.2) is 19.6 Å². The van der Waals surface area contributed by atoms with E-state index in [0.717, 1.165) is 12.4 Å². The third-order valence-electron chi connectivity index (χ3n) is 1.83. The molecule has 0 spiro atoms. The van der Waals surface area contributed by atoms with Crippen molar-refractivity contribution in [3.63, 3.8) is 0 Å². The summed E-state index contributed by atoms with van der Waals surface area (Å²) in [7, 11) is 0. The molecular weight excluding hydrogens is 254 g/mol. The summed E-state index contributed by atoms with van der Waals surface area (Å²) in [4.78, 5) is 29.3. The molecule has 1 heterocycles. The summed E-state index contributed by atoms with van der Waals surface area (Å²) >= 11 is 0. The van der Waals surface area contributed by atoms with Gasteiger partial charge in [0.25, 0.3) is 0 Å². The second-order valence-corrected chi connectivity index (χ2v) is 4.71. The summed E-state index contributed by atoms with van der Waals surface area (Å²) in [5.74, 6) is -1.45. The number of nitrogens with one attached hydrogen (secondary N) is 1. The molecule has 0 saturated heterocycles. The Hall–Kier alpha value is -2.22. The fraction of sp³-hybridized carbons (Fsp3) is 0.455. The molecule has 8 nitrogen and oxygen atoms in total. The second-order valence-electron chi connectivity index (χ2n) is 4.71. The average Bonchev–Trinajstić information content (AvgIpc) is 2.26. The van der Waals surface area contributed by atoms with E-state index in [2.05, 4.69) is 15.3 Å². The molecule has 0 fully saturated rings. The number of aliphatic hydroxyl groups excluding tert-OH is 1. The van der Waals surface area contributed by atoms with Crippen molar-refractivity contribution < 1.29 is 24.5 Å². The highest BCUT2D eigenvalue weighted by Crippen LogP contribution is 2.12. The molecule has 1 aromatic rings. The summed E-state index contributed by atoms with van der Waals surface area (Å²) in [6.45, 7) is 5.12. The molecule has 0 aliphatic heterocycles. The number of rotatable bonds is 3. The lowest BCUT2D eigenvalue weighted by Crippen LogP contribution is -2.27. The number of aromatic nitrogens is 2. The van der Waals surface area contributed by atoms with Crippen molar-refractivity contribution in [3.8, 4) is 0 Å². The zero-order valence-electron chi connectivity index (χ0n) is 10.7. The van der Waals surface area contributed by atoms with Gasteiger partial charge in [0.15, 0.2) is 6.10 Å². The van der Waals surface area contributed by atoms with Gasteiger partial charge >= 0.3 is 12.1 Å². The molecule has 0 aliphatic rings. The van der Waals surface area contributed by atoms with Gasteiger partial charge in [-0.2, -0.15) is 0 Å². The topological polar surface area (TPSA) is 122 Å². The Morgan fingerprint density at radius 3 is 2.26 bits per heavy atom. The number of carbonyl (C=O) groups is 2. The zero-order chi connectivity index (χ0) is 14.6. The van der Waals surface area contributed by atoms with Crippen LogP contribution in [-0.2, 0) is 9.53 Å². The predicted octanol–water partition coefficient (Wildman–Crippen LogP) is 0.942. The maximum atomic E-state index is 11.4. The van der Waals surface area contributed by atoms with Crippen LogP contribution in [-0.4, -0.2) is 37.8 Å². The number of carboxylic acid groups (broad SMARTS) is 1. The number of anilines is 1. The first-order valence-corrected chi connectivity index (χ1v) is 5.42. The number of hydrogen-bond acceptors (Lipinski definition) is 6. The number of carboxylic acids is 1. The van der Waals surface area contributed by atoms with Crippen LogP contribution in [0.4, 0.5) is 10.7 Å². The molecule has 1 rings (SSSR count). The average molecular weight is 269 g/mol. The fourth-order valence-corrected chi connectivity index (χ4v) is 1.08. The van der Waals surface area contributed by atoms with Crippen LogP contribution in [0.1, 0.15) is 32.4 Å². The van der Waals surface area contributed by atoms with Crippen molar-refractivity contribution in [1.29, 1.82) is 0 Å². The molecule has 1 atom stereocenters. The van der Waals surface area contributed by atoms with Crippen LogP contribution in [0.5, 0.6) is 0 Å². The van der Waals surface area contributed by atoms with E-state index in [1.807, 2.05) is 0 Å². The fourth-order valence-electron chi connectivity index (χ4n) is 1.08. The van der Waals surface area contributed by atoms with Crippen molar-refractivity contribution >= 4 is 18.0 Å². The van der Waals surface area contributed by atoms with E-state index in [0.29, 0.717) is 0 Å². The largest absolute Gasteiger partial charge is 0.479 e. The lowest BCUT2D eigenvalue weighted by Gasteiger charge is -2.19. The Labute approximate surface area is 109 Å². The molecule has 8 heteroatoms. The summed E-state index contributed by atoms with van der Waals surface area (Å²) in [6.07, 6.45) is -0.202. The monoisotopic (exact) mass is 269 g/mol. The summed E-state index contributed by atoms with van der Waals surface area (Å²) < 4.78 is 4.98. The summed E-state index contributed by atoms with van der Waals surface area (Å²) in [5, 5.41) is 20.1. The van der Waals surface area contributed by atoms with Crippen LogP contribution >= 0.6 is 0 Å². The van der Waals surface area contributed by atoms with Gasteiger partial charge < -0.3 is 14.9 Å². The zero-order valence-corrected chi connectivity index (χ0v) is 10.7. The maximum absolute atomic E-state index is 11.4. The molecule has 1 aromatic heterocycles.